The van der Waals surface area contributed by atoms with E-state index in [0.29, 0.717) is 16.9 Å². The van der Waals surface area contributed by atoms with Crippen LogP contribution in [0.1, 0.15) is 53.3 Å². The van der Waals surface area contributed by atoms with E-state index in [2.05, 4.69) is 10.5 Å². The van der Waals surface area contributed by atoms with Gasteiger partial charge in [-0.05, 0) is 38.0 Å². The number of carbonyl (C=O) groups excluding carboxylic acids is 2. The molecule has 1 aromatic carbocycles. The van der Waals surface area contributed by atoms with Crippen molar-refractivity contribution in [1.82, 2.24) is 10.1 Å². The van der Waals surface area contributed by atoms with Gasteiger partial charge in [0.25, 0.3) is 11.8 Å². The van der Waals surface area contributed by atoms with Crippen LogP contribution in [0.5, 0.6) is 0 Å². The van der Waals surface area contributed by atoms with Crippen molar-refractivity contribution in [2.24, 2.45) is 0 Å². The van der Waals surface area contributed by atoms with Gasteiger partial charge in [-0.1, -0.05) is 25.1 Å². The minimum absolute atomic E-state index is 0.0229. The van der Waals surface area contributed by atoms with E-state index in [-0.39, 0.29) is 17.6 Å². The number of amides is 2. The fourth-order valence-corrected chi connectivity index (χ4v) is 2.43. The Kier molecular flexibility index (Phi) is 6.12. The van der Waals surface area contributed by atoms with E-state index in [4.69, 9.17) is 4.52 Å². The smallest absolute Gasteiger partial charge is 0.294 e. The van der Waals surface area contributed by atoms with Gasteiger partial charge in [0, 0.05) is 30.4 Å². The molecule has 0 atom stereocenters. The average Bonchev–Trinajstić information content (AvgIpc) is 3.01. The Morgan fingerprint density at radius 2 is 1.88 bits per heavy atom. The van der Waals surface area contributed by atoms with Crippen molar-refractivity contribution in [3.63, 3.8) is 0 Å². The Hall–Kier alpha value is -2.63. The molecule has 0 fully saturated rings. The molecule has 0 saturated carbocycles. The second kappa shape index (κ2) is 8.29. The second-order valence-electron chi connectivity index (χ2n) is 5.66. The Morgan fingerprint density at radius 3 is 2.46 bits per heavy atom. The third kappa shape index (κ3) is 4.44. The minimum atomic E-state index is -0.390. The molecule has 0 aliphatic heterocycles. The average molecular weight is 329 g/mol. The van der Waals surface area contributed by atoms with E-state index in [1.54, 1.807) is 37.3 Å². The number of aryl methyl sites for hydroxylation is 1. The lowest BCUT2D eigenvalue weighted by molar-refractivity contribution is 0.0755. The van der Waals surface area contributed by atoms with Gasteiger partial charge in [-0.2, -0.15) is 0 Å². The van der Waals surface area contributed by atoms with Crippen LogP contribution in [0.25, 0.3) is 0 Å². The zero-order valence-corrected chi connectivity index (χ0v) is 14.3. The normalized spacial score (nSPS) is 10.5. The van der Waals surface area contributed by atoms with Crippen LogP contribution < -0.4 is 5.32 Å². The predicted molar refractivity (Wildman–Crippen MR) is 92.1 cm³/mol. The Bertz CT molecular complexity index is 703. The van der Waals surface area contributed by atoms with Gasteiger partial charge >= 0.3 is 0 Å². The van der Waals surface area contributed by atoms with Crippen molar-refractivity contribution >= 4 is 17.5 Å². The molecule has 128 valence electrons. The lowest BCUT2D eigenvalue weighted by Gasteiger charge is -2.21. The zero-order valence-electron chi connectivity index (χ0n) is 14.3. The van der Waals surface area contributed by atoms with E-state index in [1.807, 2.05) is 18.7 Å². The van der Waals surface area contributed by atoms with Crippen molar-refractivity contribution in [3.05, 3.63) is 47.3 Å². The number of hydrogen-bond acceptors (Lipinski definition) is 4. The molecule has 1 heterocycles. The fraction of sp³-hybridized carbons (Fsp3) is 0.389. The number of carbonyl (C=O) groups is 2. The van der Waals surface area contributed by atoms with Gasteiger partial charge in [-0.3, -0.25) is 9.59 Å². The number of nitrogens with zero attached hydrogens (tertiary/aromatic N) is 2. The van der Waals surface area contributed by atoms with E-state index >= 15 is 0 Å². The molecular formula is C18H23N3O3. The molecular weight excluding hydrogens is 306 g/mol. The maximum absolute atomic E-state index is 12.6. The van der Waals surface area contributed by atoms with Gasteiger partial charge in [0.2, 0.25) is 5.76 Å². The van der Waals surface area contributed by atoms with E-state index < -0.39 is 0 Å². The first-order valence-corrected chi connectivity index (χ1v) is 8.19. The molecule has 1 N–H and O–H groups in total. The summed E-state index contributed by atoms with van der Waals surface area (Å²) < 4.78 is 4.94. The number of benzene rings is 1. The van der Waals surface area contributed by atoms with Crippen LogP contribution in [0.3, 0.4) is 0 Å². The second-order valence-corrected chi connectivity index (χ2v) is 5.66. The predicted octanol–water partition coefficient (Wildman–Crippen LogP) is 3.50. The van der Waals surface area contributed by atoms with Crippen LogP contribution in [0, 0.1) is 6.92 Å². The minimum Gasteiger partial charge on any atom is -0.351 e. The highest BCUT2D eigenvalue weighted by molar-refractivity contribution is 6.03. The zero-order chi connectivity index (χ0) is 17.5. The summed E-state index contributed by atoms with van der Waals surface area (Å²) in [5, 5.41) is 6.42. The van der Waals surface area contributed by atoms with Gasteiger partial charge < -0.3 is 14.7 Å². The standard InChI is InChI=1S/C18H23N3O3/c1-4-9-21(10-5-2)18(23)14-7-6-8-15(12-14)19-17(22)16-11-13(3)20-24-16/h6-8,11-12H,4-5,9-10H2,1-3H3,(H,19,22). The summed E-state index contributed by atoms with van der Waals surface area (Å²) in [6, 6.07) is 8.50. The van der Waals surface area contributed by atoms with Gasteiger partial charge in [-0.15, -0.1) is 0 Å². The highest BCUT2D eigenvalue weighted by atomic mass is 16.5. The van der Waals surface area contributed by atoms with Crippen LogP contribution in [-0.4, -0.2) is 35.0 Å². The summed E-state index contributed by atoms with van der Waals surface area (Å²) in [7, 11) is 0. The third-order valence-corrected chi connectivity index (χ3v) is 3.49. The van der Waals surface area contributed by atoms with Gasteiger partial charge in [0.15, 0.2) is 0 Å². The summed E-state index contributed by atoms with van der Waals surface area (Å²) in [5.74, 6) is -0.271. The third-order valence-electron chi connectivity index (χ3n) is 3.49. The summed E-state index contributed by atoms with van der Waals surface area (Å²) >= 11 is 0. The number of hydrogen-bond donors (Lipinski definition) is 1. The number of aromatic nitrogens is 1. The monoisotopic (exact) mass is 329 g/mol. The fourth-order valence-electron chi connectivity index (χ4n) is 2.43. The van der Waals surface area contributed by atoms with E-state index in [0.717, 1.165) is 25.9 Å². The molecule has 2 aromatic rings. The van der Waals surface area contributed by atoms with Crippen molar-refractivity contribution in [2.45, 2.75) is 33.6 Å². The topological polar surface area (TPSA) is 75.4 Å². The molecule has 0 saturated heterocycles. The highest BCUT2D eigenvalue weighted by Gasteiger charge is 2.16. The van der Waals surface area contributed by atoms with Gasteiger partial charge in [-0.25, -0.2) is 0 Å². The molecule has 0 aliphatic rings. The van der Waals surface area contributed by atoms with E-state index in [9.17, 15) is 9.59 Å². The first-order chi connectivity index (χ1) is 11.5. The summed E-state index contributed by atoms with van der Waals surface area (Å²) in [6.07, 6.45) is 1.82. The van der Waals surface area contributed by atoms with E-state index in [1.165, 1.54) is 0 Å². The first-order valence-electron chi connectivity index (χ1n) is 8.19. The van der Waals surface area contributed by atoms with Crippen LogP contribution in [0.2, 0.25) is 0 Å². The molecule has 0 spiro atoms. The van der Waals surface area contributed by atoms with Crippen LogP contribution in [-0.2, 0) is 0 Å². The molecule has 6 nitrogen and oxygen atoms in total. The lowest BCUT2D eigenvalue weighted by Crippen LogP contribution is -2.32. The van der Waals surface area contributed by atoms with Crippen molar-refractivity contribution in [3.8, 4) is 0 Å². The Labute approximate surface area is 141 Å². The van der Waals surface area contributed by atoms with Crippen molar-refractivity contribution in [2.75, 3.05) is 18.4 Å². The van der Waals surface area contributed by atoms with Gasteiger partial charge in [0.1, 0.15) is 0 Å². The van der Waals surface area contributed by atoms with Crippen LogP contribution in [0.15, 0.2) is 34.9 Å². The Morgan fingerprint density at radius 1 is 1.17 bits per heavy atom. The number of nitrogens with one attached hydrogen (secondary N) is 1. The maximum Gasteiger partial charge on any atom is 0.294 e. The number of rotatable bonds is 7. The summed E-state index contributed by atoms with van der Waals surface area (Å²) in [4.78, 5) is 26.6. The molecule has 24 heavy (non-hydrogen) atoms. The molecule has 0 bridgehead atoms. The lowest BCUT2D eigenvalue weighted by atomic mass is 10.1. The largest absolute Gasteiger partial charge is 0.351 e. The molecule has 2 amide bonds. The van der Waals surface area contributed by atoms with Gasteiger partial charge in [0.05, 0.1) is 5.69 Å². The molecule has 6 heteroatoms. The highest BCUT2D eigenvalue weighted by Crippen LogP contribution is 2.15. The Balaban J connectivity index is 2.13. The van der Waals surface area contributed by atoms with Crippen LogP contribution in [0.4, 0.5) is 5.69 Å². The van der Waals surface area contributed by atoms with Crippen molar-refractivity contribution in [1.29, 1.82) is 0 Å². The molecule has 0 radical (unpaired) electrons. The summed E-state index contributed by atoms with van der Waals surface area (Å²) in [6.45, 7) is 7.29. The molecule has 1 aromatic heterocycles. The van der Waals surface area contributed by atoms with Crippen molar-refractivity contribution < 1.29 is 14.1 Å². The summed E-state index contributed by atoms with van der Waals surface area (Å²) in [5.41, 5.74) is 1.75. The van der Waals surface area contributed by atoms with Crippen LogP contribution >= 0.6 is 0 Å². The quantitative estimate of drug-likeness (QED) is 0.843. The number of anilines is 1. The SMILES string of the molecule is CCCN(CCC)C(=O)c1cccc(NC(=O)c2cc(C)no2)c1. The maximum atomic E-state index is 12.6. The molecule has 0 aliphatic carbocycles. The molecule has 2 rings (SSSR count). The first kappa shape index (κ1) is 17.7. The molecule has 0 unspecified atom stereocenters.